The summed E-state index contributed by atoms with van der Waals surface area (Å²) in [6, 6.07) is 0. The van der Waals surface area contributed by atoms with E-state index in [0.717, 1.165) is 25.8 Å². The Hall–Kier alpha value is -1.47. The second-order valence-corrected chi connectivity index (χ2v) is 10.1. The number of aromatic nitrogens is 2. The van der Waals surface area contributed by atoms with Crippen molar-refractivity contribution in [3.8, 4) is 0 Å². The van der Waals surface area contributed by atoms with Crippen molar-refractivity contribution in [2.45, 2.75) is 91.0 Å². The number of rotatable bonds is 12. The van der Waals surface area contributed by atoms with Crippen LogP contribution in [-0.2, 0) is 16.1 Å². The molecule has 0 saturated heterocycles. The van der Waals surface area contributed by atoms with Crippen LogP contribution in [0.15, 0.2) is 4.52 Å². The van der Waals surface area contributed by atoms with Crippen LogP contribution < -0.4 is 0 Å². The normalized spacial score (nSPS) is 17.9. The number of ether oxygens (including phenoxy) is 1. The Morgan fingerprint density at radius 2 is 2.00 bits per heavy atom. The Morgan fingerprint density at radius 1 is 1.30 bits per heavy atom. The largest absolute Gasteiger partial charge is 0.481 e. The molecule has 1 fully saturated rings. The summed E-state index contributed by atoms with van der Waals surface area (Å²) in [6.45, 7) is 9.04. The van der Waals surface area contributed by atoms with E-state index in [4.69, 9.17) is 9.26 Å². The van der Waals surface area contributed by atoms with Crippen LogP contribution in [-0.4, -0.2) is 53.4 Å². The molecule has 0 aliphatic heterocycles. The molecular formula is C23H41N3O4. The molecule has 1 aromatic rings. The summed E-state index contributed by atoms with van der Waals surface area (Å²) in [5, 5.41) is 13.5. The molecule has 30 heavy (non-hydrogen) atoms. The zero-order valence-corrected chi connectivity index (χ0v) is 19.6. The first-order chi connectivity index (χ1) is 14.2. The average Bonchev–Trinajstić information content (AvgIpc) is 3.13. The summed E-state index contributed by atoms with van der Waals surface area (Å²) >= 11 is 0. The summed E-state index contributed by atoms with van der Waals surface area (Å²) in [4.78, 5) is 18.0. The Kier molecular flexibility index (Phi) is 9.29. The first-order valence-electron chi connectivity index (χ1n) is 11.4. The van der Waals surface area contributed by atoms with Gasteiger partial charge in [-0.2, -0.15) is 4.98 Å². The second kappa shape index (κ2) is 11.2. The quantitative estimate of drug-likeness (QED) is 0.513. The Bertz CT molecular complexity index is 647. The van der Waals surface area contributed by atoms with Crippen molar-refractivity contribution in [1.82, 2.24) is 15.0 Å². The highest BCUT2D eigenvalue weighted by atomic mass is 16.5. The van der Waals surface area contributed by atoms with Crippen LogP contribution in [0.4, 0.5) is 0 Å². The van der Waals surface area contributed by atoms with E-state index in [1.807, 2.05) is 7.05 Å². The van der Waals surface area contributed by atoms with Gasteiger partial charge in [-0.15, -0.1) is 0 Å². The van der Waals surface area contributed by atoms with Crippen molar-refractivity contribution in [2.24, 2.45) is 10.8 Å². The van der Waals surface area contributed by atoms with Crippen molar-refractivity contribution >= 4 is 5.97 Å². The second-order valence-electron chi connectivity index (χ2n) is 10.1. The fourth-order valence-corrected chi connectivity index (χ4v) is 4.88. The zero-order chi connectivity index (χ0) is 22.2. The topological polar surface area (TPSA) is 88.7 Å². The summed E-state index contributed by atoms with van der Waals surface area (Å²) < 4.78 is 10.6. The average molecular weight is 424 g/mol. The van der Waals surface area contributed by atoms with E-state index < -0.39 is 5.97 Å². The number of carboxylic acid groups (broad SMARTS) is 1. The molecule has 0 spiro atoms. The van der Waals surface area contributed by atoms with Gasteiger partial charge in [-0.1, -0.05) is 51.6 Å². The molecule has 1 heterocycles. The van der Waals surface area contributed by atoms with Crippen LogP contribution in [0.2, 0.25) is 0 Å². The molecule has 0 amide bonds. The van der Waals surface area contributed by atoms with Gasteiger partial charge in [0.15, 0.2) is 5.82 Å². The zero-order valence-electron chi connectivity index (χ0n) is 19.6. The summed E-state index contributed by atoms with van der Waals surface area (Å²) in [5.41, 5.74) is 0.614. The lowest BCUT2D eigenvalue weighted by atomic mass is 9.57. The first kappa shape index (κ1) is 24.8. The predicted octanol–water partition coefficient (Wildman–Crippen LogP) is 4.87. The van der Waals surface area contributed by atoms with Crippen LogP contribution in [0.25, 0.3) is 0 Å². The van der Waals surface area contributed by atoms with Gasteiger partial charge in [-0.3, -0.25) is 9.69 Å². The molecular weight excluding hydrogens is 382 g/mol. The molecule has 1 aliphatic carbocycles. The van der Waals surface area contributed by atoms with Gasteiger partial charge in [0.2, 0.25) is 5.89 Å². The number of aliphatic carboxylic acids is 1. The first-order valence-corrected chi connectivity index (χ1v) is 11.4. The number of carboxylic acids is 1. The maximum atomic E-state index is 11.5. The van der Waals surface area contributed by atoms with Gasteiger partial charge in [0.1, 0.15) is 0 Å². The molecule has 1 saturated carbocycles. The van der Waals surface area contributed by atoms with E-state index >= 15 is 0 Å². The molecule has 7 nitrogen and oxygen atoms in total. The summed E-state index contributed by atoms with van der Waals surface area (Å²) in [6.07, 6.45) is 9.42. The summed E-state index contributed by atoms with van der Waals surface area (Å²) in [7, 11) is 3.65. The number of likely N-dealkylation sites (N-methyl/N-ethyl adjacent to an activating group) is 1. The standard InChI is InChI=1S/C23H41N3O4/c1-22(2,3)23(11-7-6-8-12-23)13-9-10-18(16-20(27)28)21-24-19(25-30-21)17-26(4)14-15-29-5/h18H,6-17H2,1-5H3,(H,27,28). The molecule has 172 valence electrons. The molecule has 0 aromatic carbocycles. The smallest absolute Gasteiger partial charge is 0.304 e. The molecule has 1 unspecified atom stereocenters. The third-order valence-electron chi connectivity index (χ3n) is 6.95. The molecule has 1 atom stereocenters. The summed E-state index contributed by atoms with van der Waals surface area (Å²) in [5.74, 6) is 0.00670. The van der Waals surface area contributed by atoms with Gasteiger partial charge in [0, 0.05) is 19.6 Å². The van der Waals surface area contributed by atoms with Gasteiger partial charge in [-0.05, 0) is 43.6 Å². The van der Waals surface area contributed by atoms with Gasteiger partial charge >= 0.3 is 5.97 Å². The number of methoxy groups -OCH3 is 1. The number of hydrogen-bond donors (Lipinski definition) is 1. The van der Waals surface area contributed by atoms with E-state index in [-0.39, 0.29) is 17.8 Å². The monoisotopic (exact) mass is 423 g/mol. The minimum atomic E-state index is -0.819. The SMILES string of the molecule is COCCN(C)Cc1noc(C(CCCC2(C(C)(C)C)CCCCC2)CC(=O)O)n1. The minimum Gasteiger partial charge on any atom is -0.481 e. The third-order valence-corrected chi connectivity index (χ3v) is 6.95. The van der Waals surface area contributed by atoms with Gasteiger partial charge in [0.05, 0.1) is 19.6 Å². The lowest BCUT2D eigenvalue weighted by Crippen LogP contribution is -2.37. The lowest BCUT2D eigenvalue weighted by molar-refractivity contribution is -0.137. The van der Waals surface area contributed by atoms with Crippen LogP contribution in [0.5, 0.6) is 0 Å². The predicted molar refractivity (Wildman–Crippen MR) is 116 cm³/mol. The Morgan fingerprint density at radius 3 is 2.60 bits per heavy atom. The highest BCUT2D eigenvalue weighted by Gasteiger charge is 2.41. The van der Waals surface area contributed by atoms with E-state index in [0.29, 0.717) is 30.3 Å². The van der Waals surface area contributed by atoms with Gasteiger partial charge < -0.3 is 14.4 Å². The highest BCUT2D eigenvalue weighted by molar-refractivity contribution is 5.67. The molecule has 0 bridgehead atoms. The highest BCUT2D eigenvalue weighted by Crippen LogP contribution is 2.53. The Labute approximate surface area is 181 Å². The molecule has 0 radical (unpaired) electrons. The molecule has 1 aliphatic rings. The third kappa shape index (κ3) is 7.05. The van der Waals surface area contributed by atoms with E-state index in [2.05, 4.69) is 35.8 Å². The number of carbonyl (C=O) groups is 1. The molecule has 1 aromatic heterocycles. The molecule has 7 heteroatoms. The van der Waals surface area contributed by atoms with Crippen molar-refractivity contribution in [3.63, 3.8) is 0 Å². The van der Waals surface area contributed by atoms with Gasteiger partial charge in [-0.25, -0.2) is 0 Å². The lowest BCUT2D eigenvalue weighted by Gasteiger charge is -2.48. The molecule has 2 rings (SSSR count). The van der Waals surface area contributed by atoms with Crippen LogP contribution >= 0.6 is 0 Å². The van der Waals surface area contributed by atoms with Crippen LogP contribution in [0.1, 0.15) is 96.2 Å². The van der Waals surface area contributed by atoms with Crippen LogP contribution in [0, 0.1) is 10.8 Å². The van der Waals surface area contributed by atoms with Crippen LogP contribution in [0.3, 0.4) is 0 Å². The van der Waals surface area contributed by atoms with E-state index in [1.54, 1.807) is 7.11 Å². The maximum absolute atomic E-state index is 11.5. The maximum Gasteiger partial charge on any atom is 0.304 e. The fraction of sp³-hybridized carbons (Fsp3) is 0.870. The Balaban J connectivity index is 2.00. The van der Waals surface area contributed by atoms with Crippen molar-refractivity contribution in [3.05, 3.63) is 11.7 Å². The van der Waals surface area contributed by atoms with Crippen molar-refractivity contribution in [2.75, 3.05) is 27.3 Å². The number of nitrogens with zero attached hydrogens (tertiary/aromatic N) is 3. The van der Waals surface area contributed by atoms with Crippen molar-refractivity contribution in [1.29, 1.82) is 0 Å². The van der Waals surface area contributed by atoms with E-state index in [9.17, 15) is 9.90 Å². The minimum absolute atomic E-state index is 0.0314. The van der Waals surface area contributed by atoms with Gasteiger partial charge in [0.25, 0.3) is 0 Å². The molecule has 1 N–H and O–H groups in total. The fourth-order valence-electron chi connectivity index (χ4n) is 4.88. The number of hydrogen-bond acceptors (Lipinski definition) is 6. The van der Waals surface area contributed by atoms with Crippen molar-refractivity contribution < 1.29 is 19.2 Å². The van der Waals surface area contributed by atoms with E-state index in [1.165, 1.54) is 32.1 Å².